The zero-order chi connectivity index (χ0) is 13.1. The lowest BCUT2D eigenvalue weighted by Crippen LogP contribution is -2.37. The largest absolute Gasteiger partial charge is 0.405 e. The molecule has 0 aliphatic heterocycles. The summed E-state index contributed by atoms with van der Waals surface area (Å²) in [5.41, 5.74) is 5.65. The first-order valence-corrected chi connectivity index (χ1v) is 5.05. The monoisotopic (exact) mass is 269 g/mol. The fourth-order valence-electron chi connectivity index (χ4n) is 1.28. The van der Waals surface area contributed by atoms with E-state index >= 15 is 0 Å². The summed E-state index contributed by atoms with van der Waals surface area (Å²) in [5, 5.41) is 8.75. The Morgan fingerprint density at radius 2 is 2.12 bits per heavy atom. The lowest BCUT2D eigenvalue weighted by atomic mass is 10.3. The summed E-state index contributed by atoms with van der Waals surface area (Å²) in [7, 11) is 0. The third kappa shape index (κ3) is 4.27. The maximum atomic E-state index is 12.3. The van der Waals surface area contributed by atoms with Crippen molar-refractivity contribution in [3.63, 3.8) is 0 Å². The van der Waals surface area contributed by atoms with Crippen LogP contribution in [0.3, 0.4) is 0 Å². The molecule has 1 aromatic heterocycles. The van der Waals surface area contributed by atoms with Crippen molar-refractivity contribution in [2.45, 2.75) is 6.18 Å². The second-order valence-electron chi connectivity index (χ2n) is 3.33. The fraction of sp³-hybridized carbons (Fsp3) is 0.444. The molecule has 1 heterocycles. The van der Waals surface area contributed by atoms with Crippen molar-refractivity contribution in [1.29, 1.82) is 0 Å². The van der Waals surface area contributed by atoms with E-state index in [4.69, 9.17) is 22.4 Å². The summed E-state index contributed by atoms with van der Waals surface area (Å²) in [5.74, 6) is -0.0489. The number of hydrogen-bond donors (Lipinski definition) is 2. The zero-order valence-corrected chi connectivity index (χ0v) is 9.46. The second-order valence-corrected chi connectivity index (χ2v) is 3.74. The fourth-order valence-corrected chi connectivity index (χ4v) is 1.57. The van der Waals surface area contributed by atoms with E-state index in [2.05, 4.69) is 4.98 Å². The number of nitrogens with two attached hydrogens (primary N) is 1. The smallest absolute Gasteiger partial charge is 0.397 e. The van der Waals surface area contributed by atoms with Crippen LogP contribution in [0.1, 0.15) is 0 Å². The molecule has 0 radical (unpaired) electrons. The quantitative estimate of drug-likeness (QED) is 0.873. The highest BCUT2D eigenvalue weighted by Crippen LogP contribution is 2.27. The van der Waals surface area contributed by atoms with Crippen molar-refractivity contribution >= 4 is 23.1 Å². The number of alkyl halides is 3. The Kier molecular flexibility index (Phi) is 4.41. The third-order valence-electron chi connectivity index (χ3n) is 1.88. The molecule has 0 bridgehead atoms. The molecule has 0 aliphatic carbocycles. The van der Waals surface area contributed by atoms with Crippen molar-refractivity contribution in [3.05, 3.63) is 17.3 Å². The van der Waals surface area contributed by atoms with Crippen LogP contribution >= 0.6 is 11.6 Å². The van der Waals surface area contributed by atoms with E-state index in [1.807, 2.05) is 0 Å². The van der Waals surface area contributed by atoms with Crippen molar-refractivity contribution < 1.29 is 18.3 Å². The molecule has 4 nitrogen and oxygen atoms in total. The number of aliphatic hydroxyl groups excluding tert-OH is 1. The summed E-state index contributed by atoms with van der Waals surface area (Å²) in [6.07, 6.45) is -3.19. The first-order valence-electron chi connectivity index (χ1n) is 4.67. The van der Waals surface area contributed by atoms with Crippen LogP contribution in [0.5, 0.6) is 0 Å². The van der Waals surface area contributed by atoms with Gasteiger partial charge in [0.25, 0.3) is 0 Å². The van der Waals surface area contributed by atoms with Gasteiger partial charge in [-0.1, -0.05) is 11.6 Å². The van der Waals surface area contributed by atoms with Gasteiger partial charge in [-0.15, -0.1) is 0 Å². The summed E-state index contributed by atoms with van der Waals surface area (Å²) in [6, 6.07) is 1.31. The first kappa shape index (κ1) is 13.9. The minimum absolute atomic E-state index is 0.0164. The Hall–Kier alpha value is -1.21. The van der Waals surface area contributed by atoms with E-state index in [9.17, 15) is 13.2 Å². The summed E-state index contributed by atoms with van der Waals surface area (Å²) >= 11 is 5.76. The number of aromatic nitrogens is 1. The van der Waals surface area contributed by atoms with Crippen LogP contribution in [0.4, 0.5) is 24.7 Å². The van der Waals surface area contributed by atoms with Crippen LogP contribution in [-0.4, -0.2) is 36.0 Å². The van der Waals surface area contributed by atoms with Gasteiger partial charge in [-0.2, -0.15) is 13.2 Å². The van der Waals surface area contributed by atoms with Gasteiger partial charge in [-0.3, -0.25) is 0 Å². The number of aliphatic hydroxyl groups is 1. The Morgan fingerprint density at radius 3 is 2.59 bits per heavy atom. The average molecular weight is 270 g/mol. The number of pyridine rings is 1. The Morgan fingerprint density at radius 1 is 1.47 bits per heavy atom. The number of rotatable bonds is 4. The van der Waals surface area contributed by atoms with Crippen molar-refractivity contribution in [3.8, 4) is 0 Å². The molecule has 96 valence electrons. The molecule has 0 saturated carbocycles. The van der Waals surface area contributed by atoms with Crippen LogP contribution in [0.15, 0.2) is 12.3 Å². The summed E-state index contributed by atoms with van der Waals surface area (Å²) < 4.78 is 36.9. The molecule has 0 aliphatic rings. The molecule has 0 saturated heterocycles. The summed E-state index contributed by atoms with van der Waals surface area (Å²) in [4.78, 5) is 4.59. The minimum atomic E-state index is -4.40. The Bertz CT molecular complexity index is 386. The molecule has 0 fully saturated rings. The second kappa shape index (κ2) is 5.42. The number of anilines is 2. The van der Waals surface area contributed by atoms with Gasteiger partial charge in [-0.25, -0.2) is 4.98 Å². The van der Waals surface area contributed by atoms with Crippen molar-refractivity contribution in [2.24, 2.45) is 0 Å². The maximum Gasteiger partial charge on any atom is 0.405 e. The average Bonchev–Trinajstić information content (AvgIpc) is 2.14. The van der Waals surface area contributed by atoms with Crippen LogP contribution in [0, 0.1) is 0 Å². The topological polar surface area (TPSA) is 62.4 Å². The maximum absolute atomic E-state index is 12.3. The zero-order valence-electron chi connectivity index (χ0n) is 8.71. The molecule has 0 aromatic carbocycles. The molecule has 0 amide bonds. The van der Waals surface area contributed by atoms with E-state index in [-0.39, 0.29) is 23.1 Å². The number of halogens is 4. The molecule has 1 aromatic rings. The first-order chi connectivity index (χ1) is 7.83. The van der Waals surface area contributed by atoms with Gasteiger partial charge in [0.05, 0.1) is 23.5 Å². The van der Waals surface area contributed by atoms with E-state index in [0.717, 1.165) is 4.90 Å². The SMILES string of the molecule is Nc1cnc(N(CCO)CC(F)(F)F)c(Cl)c1. The molecule has 0 spiro atoms. The molecule has 0 unspecified atom stereocenters. The predicted molar refractivity (Wildman–Crippen MR) is 59.0 cm³/mol. The number of nitrogen functional groups attached to an aromatic ring is 1. The Labute approximate surface area is 101 Å². The standard InChI is InChI=1S/C9H11ClF3N3O/c10-7-3-6(14)4-15-8(7)16(1-2-17)5-9(11,12)13/h3-4,17H,1-2,5,14H2. The molecular weight excluding hydrogens is 259 g/mol. The van der Waals surface area contributed by atoms with Crippen LogP contribution in [0.2, 0.25) is 5.02 Å². The van der Waals surface area contributed by atoms with E-state index < -0.39 is 19.3 Å². The lowest BCUT2D eigenvalue weighted by molar-refractivity contribution is -0.119. The highest BCUT2D eigenvalue weighted by atomic mass is 35.5. The van der Waals surface area contributed by atoms with Crippen LogP contribution in [-0.2, 0) is 0 Å². The van der Waals surface area contributed by atoms with E-state index in [1.165, 1.54) is 12.3 Å². The van der Waals surface area contributed by atoms with Gasteiger partial charge in [0.15, 0.2) is 0 Å². The van der Waals surface area contributed by atoms with Crippen molar-refractivity contribution in [2.75, 3.05) is 30.3 Å². The molecule has 8 heteroatoms. The highest BCUT2D eigenvalue weighted by molar-refractivity contribution is 6.33. The van der Waals surface area contributed by atoms with E-state index in [1.54, 1.807) is 0 Å². The van der Waals surface area contributed by atoms with Gasteiger partial charge >= 0.3 is 6.18 Å². The molecule has 0 atom stereocenters. The van der Waals surface area contributed by atoms with Gasteiger partial charge in [0.2, 0.25) is 0 Å². The minimum Gasteiger partial charge on any atom is -0.397 e. The van der Waals surface area contributed by atoms with Crippen LogP contribution < -0.4 is 10.6 Å². The molecule has 1 rings (SSSR count). The number of hydrogen-bond acceptors (Lipinski definition) is 4. The molecular formula is C9H11ClF3N3O. The molecule has 3 N–H and O–H groups in total. The van der Waals surface area contributed by atoms with Gasteiger partial charge < -0.3 is 15.7 Å². The van der Waals surface area contributed by atoms with Gasteiger partial charge in [0, 0.05) is 6.54 Å². The van der Waals surface area contributed by atoms with Gasteiger partial charge in [-0.05, 0) is 6.07 Å². The van der Waals surface area contributed by atoms with E-state index in [0.29, 0.717) is 0 Å². The lowest BCUT2D eigenvalue weighted by Gasteiger charge is -2.24. The Balaban J connectivity index is 2.97. The number of nitrogens with zero attached hydrogens (tertiary/aromatic N) is 2. The normalized spacial score (nSPS) is 11.6. The van der Waals surface area contributed by atoms with Crippen molar-refractivity contribution in [1.82, 2.24) is 4.98 Å². The predicted octanol–water partition coefficient (Wildman–Crippen LogP) is 1.68. The molecule has 17 heavy (non-hydrogen) atoms. The van der Waals surface area contributed by atoms with Gasteiger partial charge in [0.1, 0.15) is 12.4 Å². The van der Waals surface area contributed by atoms with Crippen LogP contribution in [0.25, 0.3) is 0 Å². The summed E-state index contributed by atoms with van der Waals surface area (Å²) in [6.45, 7) is -1.88. The highest BCUT2D eigenvalue weighted by Gasteiger charge is 2.31. The third-order valence-corrected chi connectivity index (χ3v) is 2.16.